The van der Waals surface area contributed by atoms with Crippen LogP contribution >= 0.6 is 23.2 Å². The third-order valence-corrected chi connectivity index (χ3v) is 4.89. The third kappa shape index (κ3) is 3.91. The number of aromatic nitrogens is 1. The molecule has 0 radical (unpaired) electrons. The highest BCUT2D eigenvalue weighted by Crippen LogP contribution is 2.31. The molecule has 0 saturated carbocycles. The van der Waals surface area contributed by atoms with E-state index in [1.807, 2.05) is 0 Å². The number of rotatable bonds is 4. The van der Waals surface area contributed by atoms with Crippen molar-refractivity contribution >= 4 is 51.6 Å². The summed E-state index contributed by atoms with van der Waals surface area (Å²) in [6, 6.07) is 15.4. The second kappa shape index (κ2) is 7.54. The van der Waals surface area contributed by atoms with E-state index < -0.39 is 10.8 Å². The summed E-state index contributed by atoms with van der Waals surface area (Å²) in [6.07, 6.45) is 0. The van der Waals surface area contributed by atoms with Gasteiger partial charge in [-0.1, -0.05) is 23.2 Å². The standard InChI is InChI=1S/C20H11Cl2N3O4/c21-15-7-3-12(9-16(15)22)20-24-17-10-13(4-8-18(17)29-20)23-19(26)11-1-5-14(6-2-11)25(27)28/h1-10H,(H,23,26). The fourth-order valence-electron chi connectivity index (χ4n) is 2.70. The minimum absolute atomic E-state index is 0.0830. The number of nitrogens with one attached hydrogen (secondary N) is 1. The Labute approximate surface area is 174 Å². The van der Waals surface area contributed by atoms with E-state index in [2.05, 4.69) is 10.3 Å². The molecule has 1 N–H and O–H groups in total. The number of amides is 1. The number of hydrogen-bond acceptors (Lipinski definition) is 5. The molecule has 0 atom stereocenters. The lowest BCUT2D eigenvalue weighted by molar-refractivity contribution is -0.384. The highest BCUT2D eigenvalue weighted by atomic mass is 35.5. The van der Waals surface area contributed by atoms with Crippen LogP contribution in [0.3, 0.4) is 0 Å². The molecule has 0 fully saturated rings. The fourth-order valence-corrected chi connectivity index (χ4v) is 2.99. The van der Waals surface area contributed by atoms with Gasteiger partial charge in [-0.15, -0.1) is 0 Å². The van der Waals surface area contributed by atoms with Crippen molar-refractivity contribution in [3.8, 4) is 11.5 Å². The summed E-state index contributed by atoms with van der Waals surface area (Å²) < 4.78 is 5.74. The summed E-state index contributed by atoms with van der Waals surface area (Å²) in [5.74, 6) is -0.0233. The number of nitro groups is 1. The van der Waals surface area contributed by atoms with Gasteiger partial charge in [0.2, 0.25) is 5.89 Å². The number of fused-ring (bicyclic) bond motifs is 1. The summed E-state index contributed by atoms with van der Waals surface area (Å²) in [4.78, 5) is 27.0. The van der Waals surface area contributed by atoms with Gasteiger partial charge in [-0.25, -0.2) is 4.98 Å². The van der Waals surface area contributed by atoms with E-state index in [1.165, 1.54) is 24.3 Å². The molecule has 0 unspecified atom stereocenters. The van der Waals surface area contributed by atoms with Gasteiger partial charge in [0, 0.05) is 28.9 Å². The second-order valence-corrected chi connectivity index (χ2v) is 6.90. The first-order chi connectivity index (χ1) is 13.9. The Morgan fingerprint density at radius 2 is 1.76 bits per heavy atom. The smallest absolute Gasteiger partial charge is 0.269 e. The number of non-ortho nitro benzene ring substituents is 1. The summed E-state index contributed by atoms with van der Waals surface area (Å²) in [5, 5.41) is 14.3. The van der Waals surface area contributed by atoms with Crippen molar-refractivity contribution in [3.05, 3.63) is 86.4 Å². The van der Waals surface area contributed by atoms with E-state index in [0.717, 1.165) is 0 Å². The van der Waals surface area contributed by atoms with Crippen LogP contribution in [0.2, 0.25) is 10.0 Å². The van der Waals surface area contributed by atoms with Crippen molar-refractivity contribution in [2.45, 2.75) is 0 Å². The van der Waals surface area contributed by atoms with Crippen LogP contribution in [-0.4, -0.2) is 15.8 Å². The molecule has 0 bridgehead atoms. The van der Waals surface area contributed by atoms with E-state index in [1.54, 1.807) is 36.4 Å². The van der Waals surface area contributed by atoms with Gasteiger partial charge in [-0.3, -0.25) is 14.9 Å². The lowest BCUT2D eigenvalue weighted by Gasteiger charge is -2.04. The maximum atomic E-state index is 12.4. The number of anilines is 1. The van der Waals surface area contributed by atoms with Gasteiger partial charge in [0.1, 0.15) is 5.52 Å². The number of benzene rings is 3. The van der Waals surface area contributed by atoms with Crippen molar-refractivity contribution in [3.63, 3.8) is 0 Å². The van der Waals surface area contributed by atoms with Crippen molar-refractivity contribution < 1.29 is 14.1 Å². The molecule has 1 heterocycles. The van der Waals surface area contributed by atoms with Gasteiger partial charge < -0.3 is 9.73 Å². The number of carbonyl (C=O) groups excluding carboxylic acids is 1. The quantitative estimate of drug-likeness (QED) is 0.319. The molecule has 29 heavy (non-hydrogen) atoms. The molecule has 0 aliphatic carbocycles. The van der Waals surface area contributed by atoms with Crippen LogP contribution in [0, 0.1) is 10.1 Å². The molecule has 0 aliphatic heterocycles. The number of oxazole rings is 1. The zero-order valence-electron chi connectivity index (χ0n) is 14.6. The minimum Gasteiger partial charge on any atom is -0.436 e. The average Bonchev–Trinajstić information content (AvgIpc) is 3.13. The molecular weight excluding hydrogens is 417 g/mol. The third-order valence-electron chi connectivity index (χ3n) is 4.15. The van der Waals surface area contributed by atoms with Crippen molar-refractivity contribution in [2.75, 3.05) is 5.32 Å². The summed E-state index contributed by atoms with van der Waals surface area (Å²) in [5.41, 5.74) is 2.49. The molecule has 9 heteroatoms. The Morgan fingerprint density at radius 3 is 2.45 bits per heavy atom. The van der Waals surface area contributed by atoms with E-state index in [0.29, 0.717) is 43.9 Å². The topological polar surface area (TPSA) is 98.3 Å². The Bertz CT molecular complexity index is 1250. The zero-order valence-corrected chi connectivity index (χ0v) is 16.1. The van der Waals surface area contributed by atoms with Crippen molar-refractivity contribution in [2.24, 2.45) is 0 Å². The van der Waals surface area contributed by atoms with Crippen LogP contribution in [0.4, 0.5) is 11.4 Å². The van der Waals surface area contributed by atoms with Crippen molar-refractivity contribution in [1.29, 1.82) is 0 Å². The molecule has 4 aromatic rings. The maximum Gasteiger partial charge on any atom is 0.269 e. The van der Waals surface area contributed by atoms with Gasteiger partial charge in [-0.05, 0) is 48.5 Å². The molecule has 3 aromatic carbocycles. The Hall–Kier alpha value is -3.42. The summed E-state index contributed by atoms with van der Waals surface area (Å²) in [7, 11) is 0. The number of carbonyl (C=O) groups is 1. The first-order valence-corrected chi connectivity index (χ1v) is 9.08. The average molecular weight is 428 g/mol. The minimum atomic E-state index is -0.522. The van der Waals surface area contributed by atoms with E-state index >= 15 is 0 Å². The predicted molar refractivity (Wildman–Crippen MR) is 111 cm³/mol. The molecule has 1 amide bonds. The molecule has 0 spiro atoms. The molecular formula is C20H11Cl2N3O4. The Kier molecular flexibility index (Phi) is 4.92. The normalized spacial score (nSPS) is 10.8. The molecule has 0 aliphatic rings. The lowest BCUT2D eigenvalue weighted by atomic mass is 10.2. The number of nitro benzene ring substituents is 1. The van der Waals surface area contributed by atoms with E-state index in [-0.39, 0.29) is 5.69 Å². The van der Waals surface area contributed by atoms with Crippen LogP contribution in [0.1, 0.15) is 10.4 Å². The van der Waals surface area contributed by atoms with E-state index in [4.69, 9.17) is 27.6 Å². The van der Waals surface area contributed by atoms with Crippen LogP contribution < -0.4 is 5.32 Å². The van der Waals surface area contributed by atoms with Crippen LogP contribution in [0.25, 0.3) is 22.6 Å². The van der Waals surface area contributed by atoms with Crippen molar-refractivity contribution in [1.82, 2.24) is 4.98 Å². The lowest BCUT2D eigenvalue weighted by Crippen LogP contribution is -2.11. The van der Waals surface area contributed by atoms with Crippen LogP contribution in [0.5, 0.6) is 0 Å². The van der Waals surface area contributed by atoms with Gasteiger partial charge >= 0.3 is 0 Å². The van der Waals surface area contributed by atoms with Gasteiger partial charge in [0.15, 0.2) is 5.58 Å². The summed E-state index contributed by atoms with van der Waals surface area (Å²) >= 11 is 12.0. The molecule has 4 rings (SSSR count). The van der Waals surface area contributed by atoms with E-state index in [9.17, 15) is 14.9 Å². The second-order valence-electron chi connectivity index (χ2n) is 6.09. The molecule has 7 nitrogen and oxygen atoms in total. The Balaban J connectivity index is 1.57. The highest BCUT2D eigenvalue weighted by molar-refractivity contribution is 6.42. The van der Waals surface area contributed by atoms with Crippen LogP contribution in [-0.2, 0) is 0 Å². The van der Waals surface area contributed by atoms with Gasteiger partial charge in [0.05, 0.1) is 15.0 Å². The van der Waals surface area contributed by atoms with Gasteiger partial charge in [0.25, 0.3) is 11.6 Å². The zero-order chi connectivity index (χ0) is 20.5. The monoisotopic (exact) mass is 427 g/mol. The number of hydrogen-bond donors (Lipinski definition) is 1. The first-order valence-electron chi connectivity index (χ1n) is 8.32. The highest BCUT2D eigenvalue weighted by Gasteiger charge is 2.13. The fraction of sp³-hybridized carbons (Fsp3) is 0. The predicted octanol–water partition coefficient (Wildman–Crippen LogP) is 5.96. The van der Waals surface area contributed by atoms with Gasteiger partial charge in [-0.2, -0.15) is 0 Å². The largest absolute Gasteiger partial charge is 0.436 e. The molecule has 144 valence electrons. The first kappa shape index (κ1) is 18.9. The summed E-state index contributed by atoms with van der Waals surface area (Å²) in [6.45, 7) is 0. The SMILES string of the molecule is O=C(Nc1ccc2oc(-c3ccc(Cl)c(Cl)c3)nc2c1)c1ccc([N+](=O)[O-])cc1. The number of halogens is 2. The number of nitrogens with zero attached hydrogens (tertiary/aromatic N) is 2. The molecule has 1 aromatic heterocycles. The molecule has 0 saturated heterocycles. The maximum absolute atomic E-state index is 12.4. The Morgan fingerprint density at radius 1 is 1.00 bits per heavy atom. The van der Waals surface area contributed by atoms with Crippen LogP contribution in [0.15, 0.2) is 65.1 Å².